The fraction of sp³-hybridized carbons (Fsp3) is 0.696. The van der Waals surface area contributed by atoms with Gasteiger partial charge in [0, 0.05) is 30.9 Å². The molecule has 2 heterocycles. The molecule has 158 valence electrons. The number of aromatic nitrogens is 1. The van der Waals surface area contributed by atoms with Gasteiger partial charge in [0.05, 0.1) is 5.56 Å². The number of aryl methyl sites for hydroxylation is 2. The van der Waals surface area contributed by atoms with Crippen molar-refractivity contribution in [1.82, 2.24) is 10.3 Å². The quantitative estimate of drug-likeness (QED) is 0.601. The van der Waals surface area contributed by atoms with E-state index in [0.717, 1.165) is 44.6 Å². The molecule has 1 aromatic rings. The van der Waals surface area contributed by atoms with Gasteiger partial charge in [-0.3, -0.25) is 4.79 Å². The van der Waals surface area contributed by atoms with Crippen LogP contribution in [0.5, 0.6) is 0 Å². The molecule has 0 radical (unpaired) electrons. The van der Waals surface area contributed by atoms with Crippen LogP contribution in [0.4, 0.5) is 5.82 Å². The fourth-order valence-electron chi connectivity index (χ4n) is 5.10. The number of nitrogens with zero attached hydrogens (tertiary/aromatic N) is 3. The summed E-state index contributed by atoms with van der Waals surface area (Å²) in [6.45, 7) is 3.52. The van der Waals surface area contributed by atoms with E-state index in [1.165, 1.54) is 56.2 Å². The molecule has 29 heavy (non-hydrogen) atoms. The Bertz CT molecular complexity index is 757. The molecule has 4 rings (SSSR count). The topological polar surface area (TPSA) is 83.6 Å². The zero-order chi connectivity index (χ0) is 20.2. The van der Waals surface area contributed by atoms with Gasteiger partial charge in [0.25, 0.3) is 5.91 Å². The van der Waals surface area contributed by atoms with Gasteiger partial charge in [-0.1, -0.05) is 19.3 Å². The highest BCUT2D eigenvalue weighted by atomic mass is 16.1. The molecule has 0 spiro atoms. The Labute approximate surface area is 174 Å². The number of hydrogen-bond donors (Lipinski definition) is 2. The molecule has 1 aromatic heterocycles. The highest BCUT2D eigenvalue weighted by molar-refractivity contribution is 6.05. The number of amidine groups is 1. The van der Waals surface area contributed by atoms with Crippen molar-refractivity contribution in [3.63, 3.8) is 0 Å². The lowest BCUT2D eigenvalue weighted by atomic mass is 9.93. The Kier molecular flexibility index (Phi) is 6.48. The van der Waals surface area contributed by atoms with Crippen LogP contribution >= 0.6 is 0 Å². The first-order valence-electron chi connectivity index (χ1n) is 11.5. The van der Waals surface area contributed by atoms with Crippen molar-refractivity contribution >= 4 is 17.6 Å². The first-order chi connectivity index (χ1) is 14.1. The van der Waals surface area contributed by atoms with E-state index in [1.807, 2.05) is 6.07 Å². The lowest BCUT2D eigenvalue weighted by molar-refractivity contribution is 0.100. The Morgan fingerprint density at radius 3 is 2.48 bits per heavy atom. The molecular weight excluding hydrogens is 362 g/mol. The average molecular weight is 398 g/mol. The molecule has 6 heteroatoms. The minimum Gasteiger partial charge on any atom is -0.387 e. The van der Waals surface area contributed by atoms with E-state index < -0.39 is 0 Å². The van der Waals surface area contributed by atoms with Crippen molar-refractivity contribution in [1.29, 1.82) is 0 Å². The van der Waals surface area contributed by atoms with Crippen LogP contribution in [0.1, 0.15) is 86.3 Å². The number of pyridine rings is 1. The molecule has 3 aliphatic rings. The van der Waals surface area contributed by atoms with Crippen molar-refractivity contribution in [2.75, 3.05) is 18.0 Å². The zero-order valence-electron chi connectivity index (χ0n) is 17.8. The maximum Gasteiger partial charge on any atom is 0.282 e. The van der Waals surface area contributed by atoms with Crippen molar-refractivity contribution in [3.05, 3.63) is 22.9 Å². The van der Waals surface area contributed by atoms with Crippen molar-refractivity contribution in [3.8, 4) is 0 Å². The number of fused-ring (bicyclic) bond motifs is 1. The van der Waals surface area contributed by atoms with Crippen LogP contribution < -0.4 is 16.0 Å². The summed E-state index contributed by atoms with van der Waals surface area (Å²) < 4.78 is 0. The van der Waals surface area contributed by atoms with Crippen LogP contribution in [0.2, 0.25) is 0 Å². The number of carbonyl (C=O) groups excluding carboxylic acids is 1. The SMILES string of the molecule is CC(N)=NC(=O)c1cc2c(nc1N1CCC(NC3CCCCC3)CC1)CCCC2. The lowest BCUT2D eigenvalue weighted by Gasteiger charge is -2.37. The van der Waals surface area contributed by atoms with E-state index in [2.05, 4.69) is 15.2 Å². The monoisotopic (exact) mass is 397 g/mol. The van der Waals surface area contributed by atoms with Gasteiger partial charge in [0.2, 0.25) is 0 Å². The number of piperidine rings is 1. The number of aliphatic imine (C=N–C) groups is 1. The van der Waals surface area contributed by atoms with E-state index >= 15 is 0 Å². The van der Waals surface area contributed by atoms with Gasteiger partial charge >= 0.3 is 0 Å². The molecule has 0 bridgehead atoms. The van der Waals surface area contributed by atoms with E-state index in [4.69, 9.17) is 10.7 Å². The molecular formula is C23H35N5O. The Morgan fingerprint density at radius 2 is 1.76 bits per heavy atom. The van der Waals surface area contributed by atoms with Crippen LogP contribution in [-0.4, -0.2) is 41.9 Å². The number of amides is 1. The summed E-state index contributed by atoms with van der Waals surface area (Å²) in [5.74, 6) is 0.856. The predicted octanol–water partition coefficient (Wildman–Crippen LogP) is 3.37. The molecule has 1 amide bonds. The fourth-order valence-corrected chi connectivity index (χ4v) is 5.10. The summed E-state index contributed by atoms with van der Waals surface area (Å²) in [5.41, 5.74) is 8.69. The number of rotatable bonds is 4. The molecule has 0 aromatic carbocycles. The van der Waals surface area contributed by atoms with Crippen LogP contribution in [-0.2, 0) is 12.8 Å². The second-order valence-electron chi connectivity index (χ2n) is 8.99. The molecule has 0 unspecified atom stereocenters. The Balaban J connectivity index is 1.49. The van der Waals surface area contributed by atoms with E-state index in [0.29, 0.717) is 23.5 Å². The van der Waals surface area contributed by atoms with Crippen LogP contribution in [0, 0.1) is 0 Å². The molecule has 1 aliphatic heterocycles. The molecule has 2 fully saturated rings. The van der Waals surface area contributed by atoms with Gasteiger partial charge in [-0.05, 0) is 69.9 Å². The summed E-state index contributed by atoms with van der Waals surface area (Å²) in [6.07, 6.45) is 13.3. The highest BCUT2D eigenvalue weighted by Crippen LogP contribution is 2.29. The third-order valence-corrected chi connectivity index (χ3v) is 6.66. The standard InChI is InChI=1S/C23H35N5O/c1-16(24)25-23(29)20-15-17-7-5-6-10-21(17)27-22(20)28-13-11-19(12-14-28)26-18-8-3-2-4-9-18/h15,18-19,26H,2-14H2,1H3,(H2,24,25,29). The van der Waals surface area contributed by atoms with Gasteiger partial charge in [-0.25, -0.2) is 4.98 Å². The van der Waals surface area contributed by atoms with Crippen molar-refractivity contribution in [2.24, 2.45) is 10.7 Å². The molecule has 3 N–H and O–H groups in total. The second kappa shape index (κ2) is 9.24. The molecule has 2 aliphatic carbocycles. The minimum absolute atomic E-state index is 0.261. The first kappa shape index (κ1) is 20.3. The summed E-state index contributed by atoms with van der Waals surface area (Å²) in [6, 6.07) is 3.31. The van der Waals surface area contributed by atoms with E-state index in [-0.39, 0.29) is 5.91 Å². The number of nitrogens with two attached hydrogens (primary N) is 1. The summed E-state index contributed by atoms with van der Waals surface area (Å²) >= 11 is 0. The molecule has 0 atom stereocenters. The third-order valence-electron chi connectivity index (χ3n) is 6.66. The highest BCUT2D eigenvalue weighted by Gasteiger charge is 2.27. The summed E-state index contributed by atoms with van der Waals surface area (Å²) in [7, 11) is 0. The minimum atomic E-state index is -0.261. The van der Waals surface area contributed by atoms with Crippen LogP contribution in [0.25, 0.3) is 0 Å². The van der Waals surface area contributed by atoms with Crippen LogP contribution in [0.3, 0.4) is 0 Å². The Hall–Kier alpha value is -1.95. The third kappa shape index (κ3) is 4.97. The van der Waals surface area contributed by atoms with Gasteiger partial charge < -0.3 is 16.0 Å². The van der Waals surface area contributed by atoms with Gasteiger partial charge in [0.1, 0.15) is 11.7 Å². The number of anilines is 1. The van der Waals surface area contributed by atoms with E-state index in [9.17, 15) is 4.79 Å². The zero-order valence-corrected chi connectivity index (χ0v) is 17.8. The van der Waals surface area contributed by atoms with E-state index in [1.54, 1.807) is 6.92 Å². The van der Waals surface area contributed by atoms with Gasteiger partial charge in [-0.2, -0.15) is 4.99 Å². The first-order valence-corrected chi connectivity index (χ1v) is 11.5. The second-order valence-corrected chi connectivity index (χ2v) is 8.99. The average Bonchev–Trinajstić information content (AvgIpc) is 2.73. The van der Waals surface area contributed by atoms with Crippen molar-refractivity contribution in [2.45, 2.75) is 89.6 Å². The maximum atomic E-state index is 12.8. The van der Waals surface area contributed by atoms with Crippen molar-refractivity contribution < 1.29 is 4.79 Å². The smallest absolute Gasteiger partial charge is 0.282 e. The van der Waals surface area contributed by atoms with Crippen LogP contribution in [0.15, 0.2) is 11.1 Å². The van der Waals surface area contributed by atoms with Gasteiger partial charge in [-0.15, -0.1) is 0 Å². The largest absolute Gasteiger partial charge is 0.387 e. The van der Waals surface area contributed by atoms with Gasteiger partial charge in [0.15, 0.2) is 0 Å². The number of nitrogens with one attached hydrogen (secondary N) is 1. The number of hydrogen-bond acceptors (Lipinski definition) is 4. The maximum absolute atomic E-state index is 12.8. The summed E-state index contributed by atoms with van der Waals surface area (Å²) in [4.78, 5) is 24.1. The predicted molar refractivity (Wildman–Crippen MR) is 118 cm³/mol. The molecule has 1 saturated heterocycles. The summed E-state index contributed by atoms with van der Waals surface area (Å²) in [5, 5.41) is 3.89. The lowest BCUT2D eigenvalue weighted by Crippen LogP contribution is -2.47. The Morgan fingerprint density at radius 1 is 1.07 bits per heavy atom. The normalized spacial score (nSPS) is 21.8. The molecule has 6 nitrogen and oxygen atoms in total. The molecule has 1 saturated carbocycles. The number of carbonyl (C=O) groups is 1.